The highest BCUT2D eigenvalue weighted by atomic mass is 16.5. The predicted octanol–water partition coefficient (Wildman–Crippen LogP) is 5.21. The molecule has 1 amide bonds. The van der Waals surface area contributed by atoms with E-state index >= 15 is 0 Å². The Morgan fingerprint density at radius 1 is 1.18 bits per heavy atom. The van der Waals surface area contributed by atoms with E-state index in [2.05, 4.69) is 11.4 Å². The van der Waals surface area contributed by atoms with Gasteiger partial charge in [-0.2, -0.15) is 10.4 Å². The Bertz CT molecular complexity index is 1200. The third-order valence-electron chi connectivity index (χ3n) is 6.04. The number of aryl methyl sites for hydroxylation is 1. The number of hydrogen-bond donors (Lipinski definition) is 1. The summed E-state index contributed by atoms with van der Waals surface area (Å²) in [4.78, 5) is 12.9. The quantitative estimate of drug-likeness (QED) is 0.421. The smallest absolute Gasteiger partial charge is 0.262 e. The van der Waals surface area contributed by atoms with E-state index in [4.69, 9.17) is 9.84 Å². The number of methoxy groups -OCH3 is 1. The van der Waals surface area contributed by atoms with Gasteiger partial charge in [-0.1, -0.05) is 37.5 Å². The molecule has 0 radical (unpaired) electrons. The molecule has 6 nitrogen and oxygen atoms in total. The minimum absolute atomic E-state index is 0.0830. The second kappa shape index (κ2) is 10.2. The maximum absolute atomic E-state index is 12.9. The highest BCUT2D eigenvalue weighted by molar-refractivity contribution is 6.02. The Morgan fingerprint density at radius 2 is 1.94 bits per heavy atom. The third-order valence-corrected chi connectivity index (χ3v) is 6.04. The van der Waals surface area contributed by atoms with Crippen LogP contribution in [0.25, 0.3) is 23.0 Å². The maximum Gasteiger partial charge on any atom is 0.262 e. The first-order chi connectivity index (χ1) is 16.1. The van der Waals surface area contributed by atoms with Crippen LogP contribution in [0.5, 0.6) is 5.75 Å². The van der Waals surface area contributed by atoms with Crippen molar-refractivity contribution in [1.82, 2.24) is 15.1 Å². The van der Waals surface area contributed by atoms with E-state index in [9.17, 15) is 10.1 Å². The molecule has 1 aliphatic rings. The summed E-state index contributed by atoms with van der Waals surface area (Å²) < 4.78 is 7.17. The molecule has 1 N–H and O–H groups in total. The summed E-state index contributed by atoms with van der Waals surface area (Å²) in [5.74, 6) is 0.469. The summed E-state index contributed by atoms with van der Waals surface area (Å²) in [6.07, 6.45) is 8.85. The SMILES string of the molecule is COc1ccc(-c2nn(-c3ccccc3)cc2/C=C(\C#N)C(=O)NC2CCCCC2)cc1C. The first kappa shape index (κ1) is 22.3. The number of nitrogens with one attached hydrogen (secondary N) is 1. The van der Waals surface area contributed by atoms with Gasteiger partial charge in [-0.05, 0) is 61.7 Å². The number of carbonyl (C=O) groups excluding carboxylic acids is 1. The molecule has 0 spiro atoms. The zero-order valence-corrected chi connectivity index (χ0v) is 19.0. The van der Waals surface area contributed by atoms with Crippen LogP contribution in [0.2, 0.25) is 0 Å². The third kappa shape index (κ3) is 5.15. The molecule has 0 bridgehead atoms. The number of ether oxygens (including phenoxy) is 1. The van der Waals surface area contributed by atoms with E-state index in [1.807, 2.05) is 61.7 Å². The summed E-state index contributed by atoms with van der Waals surface area (Å²) in [6, 6.07) is 17.8. The van der Waals surface area contributed by atoms with Gasteiger partial charge >= 0.3 is 0 Å². The Morgan fingerprint density at radius 3 is 2.61 bits per heavy atom. The lowest BCUT2D eigenvalue weighted by Gasteiger charge is -2.22. The molecule has 2 aromatic carbocycles. The average Bonchev–Trinajstić information content (AvgIpc) is 3.27. The van der Waals surface area contributed by atoms with Crippen LogP contribution in [0.15, 0.2) is 60.3 Å². The van der Waals surface area contributed by atoms with E-state index in [0.29, 0.717) is 11.3 Å². The van der Waals surface area contributed by atoms with Gasteiger partial charge in [0.2, 0.25) is 0 Å². The number of aromatic nitrogens is 2. The lowest BCUT2D eigenvalue weighted by Crippen LogP contribution is -2.36. The molecule has 1 aliphatic carbocycles. The fourth-order valence-corrected chi connectivity index (χ4v) is 4.27. The molecule has 33 heavy (non-hydrogen) atoms. The number of benzene rings is 2. The van der Waals surface area contributed by atoms with Crippen molar-refractivity contribution in [2.45, 2.75) is 45.1 Å². The number of hydrogen-bond acceptors (Lipinski definition) is 4. The van der Waals surface area contributed by atoms with Gasteiger partial charge in [-0.25, -0.2) is 4.68 Å². The van der Waals surface area contributed by atoms with E-state index in [0.717, 1.165) is 48.2 Å². The van der Waals surface area contributed by atoms with Crippen LogP contribution in [0.1, 0.15) is 43.2 Å². The fourth-order valence-electron chi connectivity index (χ4n) is 4.27. The molecule has 6 heteroatoms. The Labute approximate surface area is 194 Å². The zero-order chi connectivity index (χ0) is 23.2. The predicted molar refractivity (Wildman–Crippen MR) is 129 cm³/mol. The first-order valence-corrected chi connectivity index (χ1v) is 11.3. The lowest BCUT2D eigenvalue weighted by atomic mass is 9.95. The van der Waals surface area contributed by atoms with Crippen molar-refractivity contribution >= 4 is 12.0 Å². The van der Waals surface area contributed by atoms with Gasteiger partial charge in [-0.3, -0.25) is 4.79 Å². The molecule has 168 valence electrons. The van der Waals surface area contributed by atoms with Crippen molar-refractivity contribution in [2.24, 2.45) is 0 Å². The molecule has 1 heterocycles. The summed E-state index contributed by atoms with van der Waals surface area (Å²) in [5.41, 5.74) is 4.25. The highest BCUT2D eigenvalue weighted by Gasteiger charge is 2.20. The van der Waals surface area contributed by atoms with E-state index in [1.54, 1.807) is 17.9 Å². The second-order valence-corrected chi connectivity index (χ2v) is 8.38. The normalized spacial score (nSPS) is 14.5. The molecule has 1 aromatic heterocycles. The van der Waals surface area contributed by atoms with E-state index in [1.165, 1.54) is 6.42 Å². The Kier molecular flexibility index (Phi) is 6.89. The number of rotatable bonds is 6. The summed E-state index contributed by atoms with van der Waals surface area (Å²) in [7, 11) is 1.64. The molecule has 1 saturated carbocycles. The number of nitrogens with zero attached hydrogens (tertiary/aromatic N) is 3. The molecule has 0 unspecified atom stereocenters. The first-order valence-electron chi connectivity index (χ1n) is 11.3. The van der Waals surface area contributed by atoms with Crippen molar-refractivity contribution in [3.63, 3.8) is 0 Å². The number of amides is 1. The largest absolute Gasteiger partial charge is 0.496 e. The molecule has 4 rings (SSSR count). The van der Waals surface area contributed by atoms with Crippen LogP contribution in [-0.4, -0.2) is 28.8 Å². The van der Waals surface area contributed by atoms with Crippen molar-refractivity contribution in [2.75, 3.05) is 7.11 Å². The molecule has 3 aromatic rings. The highest BCUT2D eigenvalue weighted by Crippen LogP contribution is 2.30. The molecule has 0 saturated heterocycles. The van der Waals surface area contributed by atoms with Crippen molar-refractivity contribution in [3.8, 4) is 28.8 Å². The minimum atomic E-state index is -0.325. The van der Waals surface area contributed by atoms with Gasteiger partial charge in [0.15, 0.2) is 0 Å². The summed E-state index contributed by atoms with van der Waals surface area (Å²) in [5, 5.41) is 17.6. The second-order valence-electron chi connectivity index (χ2n) is 8.38. The topological polar surface area (TPSA) is 79.9 Å². The van der Waals surface area contributed by atoms with E-state index in [-0.39, 0.29) is 17.5 Å². The van der Waals surface area contributed by atoms with Crippen LogP contribution in [0.4, 0.5) is 0 Å². The number of carbonyl (C=O) groups is 1. The minimum Gasteiger partial charge on any atom is -0.496 e. The van der Waals surface area contributed by atoms with Gasteiger partial charge < -0.3 is 10.1 Å². The molecule has 0 aliphatic heterocycles. The van der Waals surface area contributed by atoms with E-state index < -0.39 is 0 Å². The van der Waals surface area contributed by atoms with Gasteiger partial charge in [-0.15, -0.1) is 0 Å². The van der Waals surface area contributed by atoms with Crippen LogP contribution in [0, 0.1) is 18.3 Å². The zero-order valence-electron chi connectivity index (χ0n) is 19.0. The number of para-hydroxylation sites is 1. The molecule has 1 fully saturated rings. The van der Waals surface area contributed by atoms with Gasteiger partial charge in [0, 0.05) is 23.4 Å². The van der Waals surface area contributed by atoms with Crippen LogP contribution in [0.3, 0.4) is 0 Å². The lowest BCUT2D eigenvalue weighted by molar-refractivity contribution is -0.117. The van der Waals surface area contributed by atoms with Crippen LogP contribution < -0.4 is 10.1 Å². The number of nitriles is 1. The monoisotopic (exact) mass is 440 g/mol. The fraction of sp³-hybridized carbons (Fsp3) is 0.296. The molecular formula is C27H28N4O2. The maximum atomic E-state index is 12.9. The van der Waals surface area contributed by atoms with Gasteiger partial charge in [0.25, 0.3) is 5.91 Å². The van der Waals surface area contributed by atoms with Crippen LogP contribution >= 0.6 is 0 Å². The van der Waals surface area contributed by atoms with Crippen molar-refractivity contribution in [3.05, 3.63) is 71.4 Å². The Hall–Kier alpha value is -3.85. The van der Waals surface area contributed by atoms with Crippen molar-refractivity contribution < 1.29 is 9.53 Å². The molecule has 0 atom stereocenters. The summed E-state index contributed by atoms with van der Waals surface area (Å²) >= 11 is 0. The van der Waals surface area contributed by atoms with Crippen LogP contribution in [-0.2, 0) is 4.79 Å². The standard InChI is InChI=1S/C27H28N4O2/c1-19-15-20(13-14-25(19)33-2)26-22(18-31(30-26)24-11-7-4-8-12-24)16-21(17-28)27(32)29-23-9-5-3-6-10-23/h4,7-8,11-16,18,23H,3,5-6,9-10H2,1-2H3,(H,29,32)/b21-16+. The molecular weight excluding hydrogens is 412 g/mol. The Balaban J connectivity index is 1.73. The summed E-state index contributed by atoms with van der Waals surface area (Å²) in [6.45, 7) is 1.98. The van der Waals surface area contributed by atoms with Gasteiger partial charge in [0.05, 0.1) is 12.8 Å². The van der Waals surface area contributed by atoms with Gasteiger partial charge in [0.1, 0.15) is 23.1 Å². The average molecular weight is 441 g/mol. The van der Waals surface area contributed by atoms with Crippen molar-refractivity contribution in [1.29, 1.82) is 5.26 Å².